The molecule has 0 aliphatic rings. The van der Waals surface area contributed by atoms with Crippen LogP contribution in [0, 0.1) is 0 Å². The Morgan fingerprint density at radius 1 is 1.61 bits per heavy atom. The quantitative estimate of drug-likeness (QED) is 0.248. The summed E-state index contributed by atoms with van der Waals surface area (Å²) in [5.41, 5.74) is 3.12. The molecule has 3 N–H and O–H groups in total. The highest BCUT2D eigenvalue weighted by atomic mass is 35.5. The second-order valence-corrected chi connectivity index (χ2v) is 4.04. The molecule has 0 aliphatic carbocycles. The molecule has 0 aromatic carbocycles. The molecule has 0 spiro atoms. The molecule has 100 valence electrons. The molecular weight excluding hydrogens is 276 g/mol. The third-order valence-corrected chi connectivity index (χ3v) is 2.53. The van der Waals surface area contributed by atoms with Crippen LogP contribution in [0.3, 0.4) is 0 Å². The van der Waals surface area contributed by atoms with Crippen LogP contribution >= 0.6 is 11.9 Å². The van der Waals surface area contributed by atoms with Crippen LogP contribution in [-0.2, 0) is 7.05 Å². The summed E-state index contributed by atoms with van der Waals surface area (Å²) in [5.74, 6) is 0.177. The Morgan fingerprint density at radius 3 is 2.94 bits per heavy atom. The number of nitrogens with zero attached hydrogens (tertiary/aromatic N) is 2. The highest BCUT2D eigenvalue weighted by molar-refractivity contribution is 8.11. The number of rotatable bonds is 4. The lowest BCUT2D eigenvalue weighted by molar-refractivity contribution is -0.672. The second kappa shape index (κ2) is 8.73. The van der Waals surface area contributed by atoms with Gasteiger partial charge in [-0.2, -0.15) is 9.67 Å². The van der Waals surface area contributed by atoms with E-state index in [0.717, 1.165) is 17.6 Å². The highest BCUT2D eigenvalue weighted by Gasteiger charge is 2.04. The number of halogens is 1. The molecule has 1 aromatic heterocycles. The zero-order chi connectivity index (χ0) is 12.7. The number of hydrogen-bond acceptors (Lipinski definition) is 5. The van der Waals surface area contributed by atoms with Crippen molar-refractivity contribution in [3.05, 3.63) is 24.0 Å². The maximum atomic E-state index is 11.2. The fraction of sp³-hybridized carbons (Fsp3) is 0.300. The van der Waals surface area contributed by atoms with Gasteiger partial charge in [-0.1, -0.05) is 6.92 Å². The Balaban J connectivity index is 0.00000289. The molecule has 0 saturated carbocycles. The van der Waals surface area contributed by atoms with E-state index in [1.807, 2.05) is 6.92 Å². The lowest BCUT2D eigenvalue weighted by atomic mass is 10.3. The molecule has 0 fully saturated rings. The zero-order valence-corrected chi connectivity index (χ0v) is 11.6. The van der Waals surface area contributed by atoms with Crippen molar-refractivity contribution in [2.24, 2.45) is 12.1 Å². The molecule has 1 aromatic rings. The summed E-state index contributed by atoms with van der Waals surface area (Å²) in [5, 5.41) is 12.7. The summed E-state index contributed by atoms with van der Waals surface area (Å²) in [6.45, 7) is 2.61. The van der Waals surface area contributed by atoms with Crippen LogP contribution in [0.25, 0.3) is 0 Å². The number of aromatic hydroxyl groups is 1. The van der Waals surface area contributed by atoms with Gasteiger partial charge in [0.15, 0.2) is 5.75 Å². The minimum Gasteiger partial charge on any atom is -1.00 e. The molecule has 0 radical (unpaired) electrons. The lowest BCUT2D eigenvalue weighted by Crippen LogP contribution is -3.00. The minimum atomic E-state index is -0.274. The number of aryl methyl sites for hydroxylation is 1. The van der Waals surface area contributed by atoms with E-state index in [-0.39, 0.29) is 23.4 Å². The van der Waals surface area contributed by atoms with Gasteiger partial charge in [0, 0.05) is 24.6 Å². The molecule has 0 saturated heterocycles. The van der Waals surface area contributed by atoms with Crippen molar-refractivity contribution in [2.45, 2.75) is 6.92 Å². The number of carbonyl (C=O) groups excluding carboxylic acids is 1. The number of nitrogens with one attached hydrogen (secondary N) is 2. The van der Waals surface area contributed by atoms with Crippen molar-refractivity contribution >= 4 is 23.4 Å². The van der Waals surface area contributed by atoms with Crippen molar-refractivity contribution in [3.8, 4) is 5.75 Å². The second-order valence-electron chi connectivity index (χ2n) is 3.18. The molecule has 1 rings (SSSR count). The molecule has 0 unspecified atom stereocenters. The first-order valence-corrected chi connectivity index (χ1v) is 5.86. The smallest absolute Gasteiger partial charge is 0.314 e. The normalized spacial score (nSPS) is 10.1. The minimum absolute atomic E-state index is 0. The van der Waals surface area contributed by atoms with E-state index in [1.54, 1.807) is 29.9 Å². The molecule has 1 heterocycles. The van der Waals surface area contributed by atoms with Crippen LogP contribution in [0.2, 0.25) is 0 Å². The van der Waals surface area contributed by atoms with E-state index >= 15 is 0 Å². The summed E-state index contributed by atoms with van der Waals surface area (Å²) in [7, 11) is 1.77. The lowest BCUT2D eigenvalue weighted by Gasteiger charge is -1.98. The summed E-state index contributed by atoms with van der Waals surface area (Å²) >= 11 is 0.958. The van der Waals surface area contributed by atoms with Crippen molar-refractivity contribution < 1.29 is 26.9 Å². The van der Waals surface area contributed by atoms with Crippen LogP contribution in [0.15, 0.2) is 23.4 Å². The van der Waals surface area contributed by atoms with E-state index in [4.69, 9.17) is 0 Å². The van der Waals surface area contributed by atoms with E-state index < -0.39 is 0 Å². The van der Waals surface area contributed by atoms with Gasteiger partial charge in [-0.25, -0.2) is 5.43 Å². The summed E-state index contributed by atoms with van der Waals surface area (Å²) in [6, 6.07) is 3.25. The van der Waals surface area contributed by atoms with Gasteiger partial charge in [0.05, 0.1) is 0 Å². The van der Waals surface area contributed by atoms with E-state index in [2.05, 4.69) is 15.2 Å². The number of carbonyl (C=O) groups is 1. The van der Waals surface area contributed by atoms with Crippen LogP contribution in [-0.4, -0.2) is 23.1 Å². The zero-order valence-electron chi connectivity index (χ0n) is 10.1. The first kappa shape index (κ1) is 16.7. The van der Waals surface area contributed by atoms with Gasteiger partial charge in [-0.05, 0) is 6.07 Å². The SMILES string of the molecule is CCNSC(=O)N/N=C/c1ccc(O)c[n+]1C.[Cl-]. The van der Waals surface area contributed by atoms with Crippen molar-refractivity contribution in [3.63, 3.8) is 0 Å². The Morgan fingerprint density at radius 2 is 2.33 bits per heavy atom. The maximum Gasteiger partial charge on any atom is 0.314 e. The van der Waals surface area contributed by atoms with Crippen LogP contribution < -0.4 is 27.1 Å². The summed E-state index contributed by atoms with van der Waals surface area (Å²) in [6.07, 6.45) is 3.06. The fourth-order valence-electron chi connectivity index (χ4n) is 1.05. The molecule has 6 nitrogen and oxygen atoms in total. The van der Waals surface area contributed by atoms with E-state index in [9.17, 15) is 9.90 Å². The third-order valence-electron chi connectivity index (χ3n) is 1.82. The van der Waals surface area contributed by atoms with Gasteiger partial charge in [0.25, 0.3) is 0 Å². The van der Waals surface area contributed by atoms with Gasteiger partial charge in [0.2, 0.25) is 11.9 Å². The summed E-state index contributed by atoms with van der Waals surface area (Å²) < 4.78 is 4.50. The summed E-state index contributed by atoms with van der Waals surface area (Å²) in [4.78, 5) is 11.2. The van der Waals surface area contributed by atoms with Crippen molar-refractivity contribution in [2.75, 3.05) is 6.54 Å². The van der Waals surface area contributed by atoms with E-state index in [0.29, 0.717) is 6.54 Å². The first-order valence-electron chi connectivity index (χ1n) is 5.05. The van der Waals surface area contributed by atoms with Crippen molar-refractivity contribution in [1.82, 2.24) is 10.1 Å². The van der Waals surface area contributed by atoms with Gasteiger partial charge in [0.1, 0.15) is 13.3 Å². The van der Waals surface area contributed by atoms with E-state index in [1.165, 1.54) is 6.21 Å². The predicted molar refractivity (Wildman–Crippen MR) is 66.7 cm³/mol. The average molecular weight is 291 g/mol. The van der Waals surface area contributed by atoms with Gasteiger partial charge in [-0.15, -0.1) is 0 Å². The van der Waals surface area contributed by atoms with Gasteiger partial charge < -0.3 is 17.5 Å². The number of hydrazone groups is 1. The van der Waals surface area contributed by atoms with Crippen LogP contribution in [0.1, 0.15) is 12.6 Å². The Hall–Kier alpha value is -1.31. The Bertz CT molecular complexity index is 428. The number of pyridine rings is 1. The fourth-order valence-corrected chi connectivity index (χ4v) is 1.42. The topological polar surface area (TPSA) is 77.6 Å². The van der Waals surface area contributed by atoms with Crippen molar-refractivity contribution in [1.29, 1.82) is 0 Å². The molecule has 8 heteroatoms. The van der Waals surface area contributed by atoms with Gasteiger partial charge in [-0.3, -0.25) is 9.52 Å². The highest BCUT2D eigenvalue weighted by Crippen LogP contribution is 2.02. The number of amides is 1. The monoisotopic (exact) mass is 290 g/mol. The largest absolute Gasteiger partial charge is 1.00 e. The molecule has 0 bridgehead atoms. The third kappa shape index (κ3) is 5.85. The average Bonchev–Trinajstić information content (AvgIpc) is 2.29. The molecular formula is C10H15ClN4O2S. The number of aromatic nitrogens is 1. The standard InChI is InChI=1S/C10H14N4O2S.ClH/c1-3-12-17-10(16)13-11-6-8-4-5-9(15)7-14(8)2;/h4-7,12,15H,3H2,1-2H3;1H. The molecule has 18 heavy (non-hydrogen) atoms. The molecule has 0 aliphatic heterocycles. The van der Waals surface area contributed by atoms with Crippen LogP contribution in [0.5, 0.6) is 5.75 Å². The molecule has 1 amide bonds. The maximum absolute atomic E-state index is 11.2. The Labute approximate surface area is 116 Å². The predicted octanol–water partition coefficient (Wildman–Crippen LogP) is -2.48. The number of hydrogen-bond donors (Lipinski definition) is 3. The first-order chi connectivity index (χ1) is 8.13. The van der Waals surface area contributed by atoms with Gasteiger partial charge >= 0.3 is 5.24 Å². The molecule has 0 atom stereocenters. The Kier molecular flexibility index (Phi) is 8.10. The van der Waals surface area contributed by atoms with Crippen LogP contribution in [0.4, 0.5) is 4.79 Å².